The maximum absolute atomic E-state index is 12.6. The SMILES string of the molecule is F[B-](F)(F)c1cccc(OCCCc2ccccc2)c1.[K+]. The van der Waals surface area contributed by atoms with Crippen molar-refractivity contribution >= 4 is 12.4 Å². The number of rotatable bonds is 6. The van der Waals surface area contributed by atoms with Crippen molar-refractivity contribution in [1.29, 1.82) is 0 Å². The molecule has 0 unspecified atom stereocenters. The van der Waals surface area contributed by atoms with Gasteiger partial charge in [0.25, 0.3) is 0 Å². The van der Waals surface area contributed by atoms with Gasteiger partial charge < -0.3 is 17.7 Å². The van der Waals surface area contributed by atoms with Gasteiger partial charge in [0.2, 0.25) is 0 Å². The molecule has 0 N–H and O–H groups in total. The maximum Gasteiger partial charge on any atom is 1.00 e. The molecule has 0 saturated carbocycles. The van der Waals surface area contributed by atoms with Crippen LogP contribution in [0.4, 0.5) is 12.9 Å². The molecule has 106 valence electrons. The van der Waals surface area contributed by atoms with Gasteiger partial charge in [-0.2, -0.15) is 0 Å². The molecule has 0 atom stereocenters. The van der Waals surface area contributed by atoms with Gasteiger partial charge in [0.15, 0.2) is 0 Å². The molecule has 2 rings (SSSR count). The van der Waals surface area contributed by atoms with Crippen molar-refractivity contribution in [3.8, 4) is 5.75 Å². The Labute approximate surface area is 165 Å². The fraction of sp³-hybridized carbons (Fsp3) is 0.200. The molecule has 0 aliphatic rings. The summed E-state index contributed by atoms with van der Waals surface area (Å²) in [4.78, 5) is 0. The van der Waals surface area contributed by atoms with E-state index in [9.17, 15) is 12.9 Å². The molecule has 0 aliphatic carbocycles. The Morgan fingerprint density at radius 3 is 2.29 bits per heavy atom. The predicted octanol–water partition coefficient (Wildman–Crippen LogP) is 0.757. The fourth-order valence-corrected chi connectivity index (χ4v) is 1.92. The van der Waals surface area contributed by atoms with Crippen LogP contribution in [0.25, 0.3) is 0 Å². The monoisotopic (exact) mass is 318 g/mol. The van der Waals surface area contributed by atoms with E-state index in [0.717, 1.165) is 25.0 Å². The third-order valence-corrected chi connectivity index (χ3v) is 2.96. The summed E-state index contributed by atoms with van der Waals surface area (Å²) in [6.45, 7) is -4.56. The average molecular weight is 318 g/mol. The molecule has 0 fully saturated rings. The maximum atomic E-state index is 12.6. The van der Waals surface area contributed by atoms with Gasteiger partial charge in [0.05, 0.1) is 6.61 Å². The first kappa shape index (κ1) is 18.8. The van der Waals surface area contributed by atoms with E-state index in [0.29, 0.717) is 6.61 Å². The molecule has 0 aliphatic heterocycles. The molecule has 2 aromatic carbocycles. The Hall–Kier alpha value is -0.269. The molecule has 0 spiro atoms. The summed E-state index contributed by atoms with van der Waals surface area (Å²) in [5, 5.41) is 0. The summed E-state index contributed by atoms with van der Waals surface area (Å²) in [7, 11) is 0. The van der Waals surface area contributed by atoms with Crippen LogP contribution in [0.15, 0.2) is 54.6 Å². The molecule has 0 radical (unpaired) electrons. The summed E-state index contributed by atoms with van der Waals surface area (Å²) in [6.07, 6.45) is 1.62. The van der Waals surface area contributed by atoms with Crippen LogP contribution < -0.4 is 61.6 Å². The quantitative estimate of drug-likeness (QED) is 0.564. The van der Waals surface area contributed by atoms with Gasteiger partial charge in [-0.15, -0.1) is 5.46 Å². The predicted molar refractivity (Wildman–Crippen MR) is 75.4 cm³/mol. The van der Waals surface area contributed by atoms with Gasteiger partial charge in [-0.1, -0.05) is 42.5 Å². The van der Waals surface area contributed by atoms with Gasteiger partial charge >= 0.3 is 58.4 Å². The number of hydrogen-bond donors (Lipinski definition) is 0. The normalized spacial score (nSPS) is 10.8. The topological polar surface area (TPSA) is 9.23 Å². The van der Waals surface area contributed by atoms with E-state index in [1.807, 2.05) is 30.3 Å². The van der Waals surface area contributed by atoms with E-state index in [4.69, 9.17) is 4.74 Å². The molecule has 0 aromatic heterocycles. The first-order valence-electron chi connectivity index (χ1n) is 6.52. The number of hydrogen-bond acceptors (Lipinski definition) is 1. The zero-order chi connectivity index (χ0) is 14.4. The van der Waals surface area contributed by atoms with E-state index in [-0.39, 0.29) is 57.1 Å². The van der Waals surface area contributed by atoms with Crippen molar-refractivity contribution in [2.24, 2.45) is 0 Å². The van der Waals surface area contributed by atoms with Crippen LogP contribution in [0.3, 0.4) is 0 Å². The second-order valence-electron chi connectivity index (χ2n) is 4.58. The fourth-order valence-electron chi connectivity index (χ4n) is 1.92. The minimum absolute atomic E-state index is 0. The number of halogens is 3. The van der Waals surface area contributed by atoms with Crippen LogP contribution in [-0.2, 0) is 6.42 Å². The summed E-state index contributed by atoms with van der Waals surface area (Å²) in [5.74, 6) is 0.273. The zero-order valence-electron chi connectivity index (χ0n) is 11.9. The third kappa shape index (κ3) is 6.57. The molecule has 1 nitrogen and oxygen atoms in total. The zero-order valence-corrected chi connectivity index (χ0v) is 15.1. The summed E-state index contributed by atoms with van der Waals surface area (Å²) < 4.78 is 43.1. The van der Waals surface area contributed by atoms with Gasteiger partial charge in [-0.25, -0.2) is 0 Å². The van der Waals surface area contributed by atoms with Gasteiger partial charge in [0, 0.05) is 0 Å². The van der Waals surface area contributed by atoms with Crippen LogP contribution in [0.2, 0.25) is 0 Å². The van der Waals surface area contributed by atoms with E-state index >= 15 is 0 Å². The molecule has 21 heavy (non-hydrogen) atoms. The van der Waals surface area contributed by atoms with Crippen molar-refractivity contribution in [2.75, 3.05) is 6.61 Å². The molecule has 6 heteroatoms. The number of benzene rings is 2. The Bertz CT molecular complexity index is 546. The van der Waals surface area contributed by atoms with Crippen molar-refractivity contribution < 1.29 is 69.1 Å². The van der Waals surface area contributed by atoms with Crippen molar-refractivity contribution in [3.05, 3.63) is 60.2 Å². The van der Waals surface area contributed by atoms with Crippen LogP contribution in [0, 0.1) is 0 Å². The van der Waals surface area contributed by atoms with Crippen LogP contribution >= 0.6 is 0 Å². The molecule has 0 amide bonds. The largest absolute Gasteiger partial charge is 1.00 e. The Morgan fingerprint density at radius 1 is 0.905 bits per heavy atom. The van der Waals surface area contributed by atoms with E-state index in [1.54, 1.807) is 6.07 Å². The minimum atomic E-state index is -4.97. The molecular weight excluding hydrogens is 303 g/mol. The summed E-state index contributed by atoms with van der Waals surface area (Å²) >= 11 is 0. The first-order valence-corrected chi connectivity index (χ1v) is 6.52. The smallest absolute Gasteiger partial charge is 0.494 e. The van der Waals surface area contributed by atoms with E-state index in [1.165, 1.54) is 11.6 Å². The first-order chi connectivity index (χ1) is 9.55. The summed E-state index contributed by atoms with van der Waals surface area (Å²) in [6, 6.07) is 15.0. The van der Waals surface area contributed by atoms with Crippen molar-refractivity contribution in [1.82, 2.24) is 0 Å². The Kier molecular flexibility index (Phi) is 8.05. The molecule has 2 aromatic rings. The number of ether oxygens (including phenoxy) is 1. The molecule has 0 heterocycles. The van der Waals surface area contributed by atoms with E-state index < -0.39 is 12.4 Å². The minimum Gasteiger partial charge on any atom is -0.494 e. The van der Waals surface area contributed by atoms with Crippen LogP contribution in [0.1, 0.15) is 12.0 Å². The van der Waals surface area contributed by atoms with Gasteiger partial charge in [-0.05, 0) is 30.5 Å². The number of aryl methyl sites for hydroxylation is 1. The average Bonchev–Trinajstić information content (AvgIpc) is 2.44. The van der Waals surface area contributed by atoms with Gasteiger partial charge in [-0.3, -0.25) is 0 Å². The second-order valence-corrected chi connectivity index (χ2v) is 4.58. The Balaban J connectivity index is 0.00000220. The van der Waals surface area contributed by atoms with Crippen molar-refractivity contribution in [3.63, 3.8) is 0 Å². The molecule has 0 saturated heterocycles. The van der Waals surface area contributed by atoms with E-state index in [2.05, 4.69) is 0 Å². The van der Waals surface area contributed by atoms with Crippen LogP contribution in [-0.4, -0.2) is 13.6 Å². The van der Waals surface area contributed by atoms with Crippen LogP contribution in [0.5, 0.6) is 5.75 Å². The van der Waals surface area contributed by atoms with Gasteiger partial charge in [0.1, 0.15) is 5.75 Å². The summed E-state index contributed by atoms with van der Waals surface area (Å²) in [5.41, 5.74) is 0.578. The standard InChI is InChI=1S/C15H15BF3O.K/c17-16(18,19)14-9-4-10-15(12-14)20-11-5-8-13-6-2-1-3-7-13;/h1-4,6-7,9-10,12H,5,8,11H2;/q-1;+1. The second kappa shape index (κ2) is 9.00. The Morgan fingerprint density at radius 2 is 1.62 bits per heavy atom. The third-order valence-electron chi connectivity index (χ3n) is 2.96. The molecular formula is C15H15BF3KO. The van der Waals surface area contributed by atoms with Crippen molar-refractivity contribution in [2.45, 2.75) is 12.8 Å². The molecule has 0 bridgehead atoms.